The van der Waals surface area contributed by atoms with Crippen molar-refractivity contribution in [2.45, 2.75) is 212 Å². The van der Waals surface area contributed by atoms with Gasteiger partial charge in [0.1, 0.15) is 6.10 Å². The van der Waals surface area contributed by atoms with Gasteiger partial charge in [-0.1, -0.05) is 174 Å². The van der Waals surface area contributed by atoms with Crippen LogP contribution in [0.2, 0.25) is 0 Å². The third kappa shape index (κ3) is 26.3. The third-order valence-corrected chi connectivity index (χ3v) is 8.46. The van der Waals surface area contributed by atoms with E-state index in [0.717, 1.165) is 32.1 Å². The van der Waals surface area contributed by atoms with E-state index >= 15 is 0 Å². The second-order valence-corrected chi connectivity index (χ2v) is 12.4. The summed E-state index contributed by atoms with van der Waals surface area (Å²) in [6.07, 6.45) is 31.9. The average Bonchev–Trinajstić information content (AvgIpc) is 2.96. The zero-order chi connectivity index (χ0) is 29.5. The van der Waals surface area contributed by atoms with Crippen LogP contribution in [0, 0.1) is 0 Å². The molecule has 0 aromatic heterocycles. The van der Waals surface area contributed by atoms with Gasteiger partial charge in [0.25, 0.3) is 0 Å². The van der Waals surface area contributed by atoms with Gasteiger partial charge in [0.15, 0.2) is 0 Å². The molecule has 3 atom stereocenters. The van der Waals surface area contributed by atoms with Crippen LogP contribution in [0.25, 0.3) is 0 Å². The largest absolute Gasteiger partial charge is 0.394 e. The lowest BCUT2D eigenvalue weighted by Crippen LogP contribution is -2.50. The van der Waals surface area contributed by atoms with Gasteiger partial charge < -0.3 is 20.6 Å². The van der Waals surface area contributed by atoms with E-state index in [4.69, 9.17) is 0 Å². The lowest BCUT2D eigenvalue weighted by atomic mass is 9.99. The number of amides is 1. The van der Waals surface area contributed by atoms with Crippen molar-refractivity contribution in [2.75, 3.05) is 6.61 Å². The number of carbonyl (C=O) groups excluding carboxylic acids is 1. The number of carbonyl (C=O) groups is 1. The fourth-order valence-electron chi connectivity index (χ4n) is 5.63. The second kappa shape index (κ2) is 31.3. The van der Waals surface area contributed by atoms with Crippen molar-refractivity contribution in [3.63, 3.8) is 0 Å². The summed E-state index contributed by atoms with van der Waals surface area (Å²) < 4.78 is 0. The minimum absolute atomic E-state index is 0.146. The molecule has 240 valence electrons. The van der Waals surface area contributed by atoms with Gasteiger partial charge >= 0.3 is 0 Å². The number of aliphatic hydroxyl groups is 3. The van der Waals surface area contributed by atoms with Crippen LogP contribution in [-0.4, -0.2) is 46.1 Å². The number of rotatable bonds is 32. The predicted molar refractivity (Wildman–Crippen MR) is 172 cm³/mol. The van der Waals surface area contributed by atoms with Crippen molar-refractivity contribution >= 4 is 5.91 Å². The first-order valence-electron chi connectivity index (χ1n) is 17.8. The standard InChI is InChI=1S/C35H71NO4/c1-3-5-7-9-11-13-15-16-17-18-19-20-21-23-25-27-29-33(38)35(40)32(31-37)36-34(39)30-28-26-24-22-14-12-10-8-6-4-2/h32-33,35,37-38,40H,3-31H2,1-2H3,(H,36,39). The SMILES string of the molecule is CCCCCCCCCCCCCCCCCCC(O)C(O)C(CO)NC(=O)CCCCCCCCCCCC. The Morgan fingerprint density at radius 1 is 0.525 bits per heavy atom. The van der Waals surface area contributed by atoms with E-state index in [1.54, 1.807) is 0 Å². The molecule has 0 aliphatic rings. The molecular formula is C35H71NO4. The van der Waals surface area contributed by atoms with Gasteiger partial charge in [-0.25, -0.2) is 0 Å². The van der Waals surface area contributed by atoms with Gasteiger partial charge in [-0.2, -0.15) is 0 Å². The van der Waals surface area contributed by atoms with Gasteiger partial charge in [-0.3, -0.25) is 4.79 Å². The highest BCUT2D eigenvalue weighted by Gasteiger charge is 2.26. The summed E-state index contributed by atoms with van der Waals surface area (Å²) in [6.45, 7) is 4.15. The molecule has 0 spiro atoms. The molecule has 4 N–H and O–H groups in total. The Kier molecular flexibility index (Phi) is 30.8. The van der Waals surface area contributed by atoms with E-state index in [2.05, 4.69) is 19.2 Å². The zero-order valence-corrected chi connectivity index (χ0v) is 27.0. The van der Waals surface area contributed by atoms with Crippen molar-refractivity contribution in [2.24, 2.45) is 0 Å². The second-order valence-electron chi connectivity index (χ2n) is 12.4. The molecule has 0 bridgehead atoms. The van der Waals surface area contributed by atoms with Gasteiger partial charge in [-0.05, 0) is 12.8 Å². The molecule has 40 heavy (non-hydrogen) atoms. The summed E-state index contributed by atoms with van der Waals surface area (Å²) in [5, 5.41) is 33.3. The number of aliphatic hydroxyl groups excluding tert-OH is 3. The van der Waals surface area contributed by atoms with Crippen molar-refractivity contribution in [1.82, 2.24) is 5.32 Å². The quantitative estimate of drug-likeness (QED) is 0.0608. The molecule has 0 saturated carbocycles. The molecule has 0 heterocycles. The minimum atomic E-state index is -1.13. The maximum Gasteiger partial charge on any atom is 0.220 e. The van der Waals surface area contributed by atoms with Gasteiger partial charge in [0, 0.05) is 6.42 Å². The summed E-state index contributed by atoms with van der Waals surface area (Å²) >= 11 is 0. The van der Waals surface area contributed by atoms with Crippen LogP contribution in [0.4, 0.5) is 0 Å². The maximum atomic E-state index is 12.3. The minimum Gasteiger partial charge on any atom is -0.394 e. The van der Waals surface area contributed by atoms with Crippen LogP contribution in [0.5, 0.6) is 0 Å². The topological polar surface area (TPSA) is 89.8 Å². The Hall–Kier alpha value is -0.650. The Morgan fingerprint density at radius 3 is 1.20 bits per heavy atom. The lowest BCUT2D eigenvalue weighted by Gasteiger charge is -2.26. The Bertz CT molecular complexity index is 516. The molecule has 0 fully saturated rings. The molecule has 0 aliphatic heterocycles. The Balaban J connectivity index is 3.66. The Morgan fingerprint density at radius 2 is 0.850 bits per heavy atom. The van der Waals surface area contributed by atoms with Crippen LogP contribution < -0.4 is 5.32 Å². The van der Waals surface area contributed by atoms with Crippen molar-refractivity contribution < 1.29 is 20.1 Å². The summed E-state index contributed by atoms with van der Waals surface area (Å²) in [7, 11) is 0. The number of hydrogen-bond acceptors (Lipinski definition) is 4. The average molecular weight is 570 g/mol. The fraction of sp³-hybridized carbons (Fsp3) is 0.971. The van der Waals surface area contributed by atoms with Crippen LogP contribution >= 0.6 is 0 Å². The molecule has 0 saturated heterocycles. The van der Waals surface area contributed by atoms with Gasteiger partial charge in [0.05, 0.1) is 18.8 Å². The number of unbranched alkanes of at least 4 members (excludes halogenated alkanes) is 24. The van der Waals surface area contributed by atoms with Gasteiger partial charge in [-0.15, -0.1) is 0 Å². The predicted octanol–water partition coefficient (Wildman–Crippen LogP) is 9.15. The van der Waals surface area contributed by atoms with E-state index < -0.39 is 18.2 Å². The smallest absolute Gasteiger partial charge is 0.220 e. The normalized spacial score (nSPS) is 13.8. The van der Waals surface area contributed by atoms with E-state index in [9.17, 15) is 20.1 Å². The first kappa shape index (κ1) is 39.4. The number of nitrogens with one attached hydrogen (secondary N) is 1. The summed E-state index contributed by atoms with van der Waals surface area (Å²) in [6, 6.07) is -0.799. The van der Waals surface area contributed by atoms with Crippen molar-refractivity contribution in [3.05, 3.63) is 0 Å². The fourth-order valence-corrected chi connectivity index (χ4v) is 5.63. The molecule has 0 aliphatic carbocycles. The van der Waals surface area contributed by atoms with Crippen LogP contribution in [0.15, 0.2) is 0 Å². The van der Waals surface area contributed by atoms with E-state index in [1.807, 2.05) is 0 Å². The molecular weight excluding hydrogens is 498 g/mol. The summed E-state index contributed by atoms with van der Waals surface area (Å²) in [5.74, 6) is -0.146. The molecule has 5 nitrogen and oxygen atoms in total. The zero-order valence-electron chi connectivity index (χ0n) is 27.0. The van der Waals surface area contributed by atoms with Gasteiger partial charge in [0.2, 0.25) is 5.91 Å². The van der Waals surface area contributed by atoms with Crippen LogP contribution in [0.1, 0.15) is 194 Å². The molecule has 1 amide bonds. The van der Waals surface area contributed by atoms with Crippen molar-refractivity contribution in [3.8, 4) is 0 Å². The first-order valence-corrected chi connectivity index (χ1v) is 17.8. The highest BCUT2D eigenvalue weighted by molar-refractivity contribution is 5.76. The molecule has 0 aromatic carbocycles. The van der Waals surface area contributed by atoms with E-state index in [0.29, 0.717) is 12.8 Å². The molecule has 0 radical (unpaired) electrons. The molecule has 0 rings (SSSR count). The third-order valence-electron chi connectivity index (χ3n) is 8.46. The van der Waals surface area contributed by atoms with E-state index in [1.165, 1.54) is 135 Å². The Labute approximate surface area is 249 Å². The molecule has 3 unspecified atom stereocenters. The van der Waals surface area contributed by atoms with Crippen LogP contribution in [0.3, 0.4) is 0 Å². The molecule has 0 aromatic rings. The monoisotopic (exact) mass is 570 g/mol. The van der Waals surface area contributed by atoms with E-state index in [-0.39, 0.29) is 12.5 Å². The summed E-state index contributed by atoms with van der Waals surface area (Å²) in [4.78, 5) is 12.3. The maximum absolute atomic E-state index is 12.3. The highest BCUT2D eigenvalue weighted by Crippen LogP contribution is 2.16. The van der Waals surface area contributed by atoms with Crippen molar-refractivity contribution in [1.29, 1.82) is 0 Å². The first-order chi connectivity index (χ1) is 19.6. The van der Waals surface area contributed by atoms with Crippen LogP contribution in [-0.2, 0) is 4.79 Å². The molecule has 5 heteroatoms. The highest BCUT2D eigenvalue weighted by atomic mass is 16.3. The lowest BCUT2D eigenvalue weighted by molar-refractivity contribution is -0.124. The summed E-state index contributed by atoms with van der Waals surface area (Å²) in [5.41, 5.74) is 0. The number of hydrogen-bond donors (Lipinski definition) is 4.